The number of carbonyl (C=O) groups excluding carboxylic acids is 1. The van der Waals surface area contributed by atoms with Gasteiger partial charge >= 0.3 is 0 Å². The molecule has 0 saturated carbocycles. The second kappa shape index (κ2) is 12.6. The number of aliphatic hydroxyl groups is 1. The van der Waals surface area contributed by atoms with Gasteiger partial charge < -0.3 is 10.4 Å². The minimum atomic E-state index is -3.88. The van der Waals surface area contributed by atoms with E-state index in [2.05, 4.69) is 10.0 Å². The summed E-state index contributed by atoms with van der Waals surface area (Å²) < 4.78 is 30.3. The van der Waals surface area contributed by atoms with Gasteiger partial charge in [-0.2, -0.15) is 0 Å². The number of fused-ring (bicyclic) bond motifs is 1. The number of benzene rings is 4. The third-order valence-corrected chi connectivity index (χ3v) is 9.11. The summed E-state index contributed by atoms with van der Waals surface area (Å²) in [6, 6.07) is 33.1. The Bertz CT molecular complexity index is 1660. The van der Waals surface area contributed by atoms with E-state index in [9.17, 15) is 18.3 Å². The standard InChI is InChI=1S/C32H30N2O4S2/c35-31(25-16-8-3-9-17-25)30(24-14-6-2-7-15-24)33-32(36)28(20-26-21-39-29-19-11-10-18-27(26)29)34-40(37,38)22-23-12-4-1-5-13-23/h1-19,21,28,30-31,34-35H,20,22H2,(H,33,36). The van der Waals surface area contributed by atoms with Crippen LogP contribution in [-0.4, -0.2) is 25.5 Å². The van der Waals surface area contributed by atoms with Crippen molar-refractivity contribution in [2.75, 3.05) is 0 Å². The summed E-state index contributed by atoms with van der Waals surface area (Å²) in [4.78, 5) is 13.9. The highest BCUT2D eigenvalue weighted by molar-refractivity contribution is 7.88. The van der Waals surface area contributed by atoms with Crippen LogP contribution in [0, 0.1) is 0 Å². The maximum absolute atomic E-state index is 13.9. The maximum atomic E-state index is 13.9. The molecule has 0 aliphatic carbocycles. The lowest BCUT2D eigenvalue weighted by molar-refractivity contribution is -0.124. The molecular weight excluding hydrogens is 540 g/mol. The Morgan fingerprint density at radius 3 is 2.02 bits per heavy atom. The van der Waals surface area contributed by atoms with Gasteiger partial charge in [0.15, 0.2) is 0 Å². The molecule has 5 rings (SSSR count). The third-order valence-electron chi connectivity index (χ3n) is 6.74. The summed E-state index contributed by atoms with van der Waals surface area (Å²) in [6.45, 7) is 0. The predicted octanol–water partition coefficient (Wildman–Crippen LogP) is 5.52. The Morgan fingerprint density at radius 2 is 1.35 bits per heavy atom. The zero-order chi connectivity index (χ0) is 28.0. The zero-order valence-corrected chi connectivity index (χ0v) is 23.3. The quantitative estimate of drug-likeness (QED) is 0.195. The topological polar surface area (TPSA) is 95.5 Å². The molecule has 3 unspecified atom stereocenters. The number of thiophene rings is 1. The van der Waals surface area contributed by atoms with Gasteiger partial charge in [0, 0.05) is 4.70 Å². The molecule has 1 amide bonds. The lowest BCUT2D eigenvalue weighted by Crippen LogP contribution is -2.49. The fourth-order valence-corrected chi connectivity index (χ4v) is 7.07. The molecule has 6 nitrogen and oxygen atoms in total. The second-order valence-electron chi connectivity index (χ2n) is 9.63. The lowest BCUT2D eigenvalue weighted by atomic mass is 9.95. The maximum Gasteiger partial charge on any atom is 0.239 e. The zero-order valence-electron chi connectivity index (χ0n) is 21.7. The molecule has 4 aromatic carbocycles. The van der Waals surface area contributed by atoms with Crippen LogP contribution in [-0.2, 0) is 27.0 Å². The van der Waals surface area contributed by atoms with Gasteiger partial charge in [-0.3, -0.25) is 4.79 Å². The third kappa shape index (κ3) is 6.84. The van der Waals surface area contributed by atoms with Gasteiger partial charge in [0.05, 0.1) is 11.8 Å². The van der Waals surface area contributed by atoms with Gasteiger partial charge in [-0.05, 0) is 45.5 Å². The van der Waals surface area contributed by atoms with Crippen LogP contribution in [0.2, 0.25) is 0 Å². The molecule has 0 radical (unpaired) electrons. The molecular formula is C32H30N2O4S2. The first-order valence-corrected chi connectivity index (χ1v) is 15.5. The van der Waals surface area contributed by atoms with Gasteiger partial charge in [-0.15, -0.1) is 11.3 Å². The number of aliphatic hydroxyl groups excluding tert-OH is 1. The lowest BCUT2D eigenvalue weighted by Gasteiger charge is -2.27. The molecule has 8 heteroatoms. The van der Waals surface area contributed by atoms with Crippen molar-refractivity contribution < 1.29 is 18.3 Å². The largest absolute Gasteiger partial charge is 0.386 e. The highest BCUT2D eigenvalue weighted by Gasteiger charge is 2.31. The van der Waals surface area contributed by atoms with Crippen molar-refractivity contribution in [3.8, 4) is 0 Å². The van der Waals surface area contributed by atoms with Crippen molar-refractivity contribution in [1.82, 2.24) is 10.0 Å². The SMILES string of the molecule is O=C(NC(c1ccccc1)C(O)c1ccccc1)C(Cc1csc2ccccc12)NS(=O)(=O)Cc1ccccc1. The van der Waals surface area contributed by atoms with Crippen LogP contribution in [0.3, 0.4) is 0 Å². The highest BCUT2D eigenvalue weighted by atomic mass is 32.2. The molecule has 1 heterocycles. The fraction of sp³-hybridized carbons (Fsp3) is 0.156. The van der Waals surface area contributed by atoms with Gasteiger partial charge in [0.2, 0.25) is 15.9 Å². The van der Waals surface area contributed by atoms with E-state index < -0.39 is 34.1 Å². The smallest absolute Gasteiger partial charge is 0.239 e. The first kappa shape index (κ1) is 27.7. The number of amides is 1. The molecule has 0 bridgehead atoms. The van der Waals surface area contributed by atoms with Crippen molar-refractivity contribution in [2.24, 2.45) is 0 Å². The normalized spacial score (nSPS) is 13.9. The molecule has 3 atom stereocenters. The van der Waals surface area contributed by atoms with Crippen LogP contribution < -0.4 is 10.0 Å². The Kier molecular flexibility index (Phi) is 8.72. The average molecular weight is 571 g/mol. The van der Waals surface area contributed by atoms with Crippen molar-refractivity contribution in [2.45, 2.75) is 30.4 Å². The minimum Gasteiger partial charge on any atom is -0.386 e. The van der Waals surface area contributed by atoms with Crippen LogP contribution in [0.5, 0.6) is 0 Å². The Labute approximate surface area is 238 Å². The van der Waals surface area contributed by atoms with E-state index in [4.69, 9.17) is 0 Å². The molecule has 0 aliphatic rings. The number of carbonyl (C=O) groups is 1. The van der Waals surface area contributed by atoms with Crippen molar-refractivity contribution >= 4 is 37.4 Å². The van der Waals surface area contributed by atoms with Crippen LogP contribution in [0.15, 0.2) is 121 Å². The van der Waals surface area contributed by atoms with Crippen molar-refractivity contribution in [1.29, 1.82) is 0 Å². The Morgan fingerprint density at radius 1 is 0.775 bits per heavy atom. The van der Waals surface area contributed by atoms with Gasteiger partial charge in [-0.1, -0.05) is 109 Å². The first-order valence-electron chi connectivity index (χ1n) is 13.0. The summed E-state index contributed by atoms with van der Waals surface area (Å²) >= 11 is 1.55. The summed E-state index contributed by atoms with van der Waals surface area (Å²) in [5.41, 5.74) is 2.85. The molecule has 0 spiro atoms. The van der Waals surface area contributed by atoms with Crippen molar-refractivity contribution in [3.05, 3.63) is 143 Å². The first-order chi connectivity index (χ1) is 19.4. The summed E-state index contributed by atoms with van der Waals surface area (Å²) in [6.07, 6.45) is -0.886. The molecule has 0 aliphatic heterocycles. The van der Waals surface area contributed by atoms with E-state index in [1.54, 1.807) is 47.7 Å². The van der Waals surface area contributed by atoms with Crippen LogP contribution in [0.25, 0.3) is 10.1 Å². The number of sulfonamides is 1. The molecule has 0 fully saturated rings. The monoisotopic (exact) mass is 570 g/mol. The summed E-state index contributed by atoms with van der Waals surface area (Å²) in [5, 5.41) is 17.2. The van der Waals surface area contributed by atoms with Crippen molar-refractivity contribution in [3.63, 3.8) is 0 Å². The summed E-state index contributed by atoms with van der Waals surface area (Å²) in [7, 11) is -3.88. The number of hydrogen-bond acceptors (Lipinski definition) is 5. The van der Waals surface area contributed by atoms with E-state index in [0.29, 0.717) is 16.7 Å². The Balaban J connectivity index is 1.46. The molecule has 204 valence electrons. The average Bonchev–Trinajstić information content (AvgIpc) is 3.39. The van der Waals surface area contributed by atoms with Crippen LogP contribution >= 0.6 is 11.3 Å². The van der Waals surface area contributed by atoms with Gasteiger partial charge in [-0.25, -0.2) is 13.1 Å². The van der Waals surface area contributed by atoms with Gasteiger partial charge in [0.25, 0.3) is 0 Å². The fourth-order valence-electron chi connectivity index (χ4n) is 4.75. The van der Waals surface area contributed by atoms with Crippen LogP contribution in [0.1, 0.15) is 34.4 Å². The molecule has 40 heavy (non-hydrogen) atoms. The van der Waals surface area contributed by atoms with E-state index >= 15 is 0 Å². The highest BCUT2D eigenvalue weighted by Crippen LogP contribution is 2.30. The summed E-state index contributed by atoms with van der Waals surface area (Å²) in [5.74, 6) is -0.771. The number of rotatable bonds is 11. The molecule has 5 aromatic rings. The minimum absolute atomic E-state index is 0.160. The van der Waals surface area contributed by atoms with Gasteiger partial charge in [0.1, 0.15) is 12.1 Å². The van der Waals surface area contributed by atoms with E-state index in [-0.39, 0.29) is 12.2 Å². The van der Waals surface area contributed by atoms with E-state index in [0.717, 1.165) is 15.6 Å². The molecule has 1 aromatic heterocycles. The predicted molar refractivity (Wildman–Crippen MR) is 160 cm³/mol. The van der Waals surface area contributed by atoms with E-state index in [1.165, 1.54) is 0 Å². The molecule has 3 N–H and O–H groups in total. The second-order valence-corrected chi connectivity index (χ2v) is 12.3. The van der Waals surface area contributed by atoms with Crippen LogP contribution in [0.4, 0.5) is 0 Å². The number of hydrogen-bond donors (Lipinski definition) is 3. The number of nitrogens with one attached hydrogen (secondary N) is 2. The van der Waals surface area contributed by atoms with E-state index in [1.807, 2.05) is 84.2 Å². The Hall–Kier alpha value is -3.82. The molecule has 0 saturated heterocycles.